The first-order valence-corrected chi connectivity index (χ1v) is 9.91. The molecule has 1 amide bonds. The van der Waals surface area contributed by atoms with E-state index in [0.717, 1.165) is 16.7 Å². The van der Waals surface area contributed by atoms with E-state index in [0.29, 0.717) is 21.6 Å². The molecule has 0 fully saturated rings. The van der Waals surface area contributed by atoms with Crippen LogP contribution in [0.4, 0.5) is 5.82 Å². The van der Waals surface area contributed by atoms with Gasteiger partial charge in [-0.15, -0.1) is 0 Å². The molecule has 8 heteroatoms. The zero-order valence-corrected chi connectivity index (χ0v) is 17.6. The van der Waals surface area contributed by atoms with Gasteiger partial charge in [-0.2, -0.15) is 0 Å². The molecule has 3 aromatic rings. The summed E-state index contributed by atoms with van der Waals surface area (Å²) in [6, 6.07) is 10.2. The van der Waals surface area contributed by atoms with E-state index >= 15 is 0 Å². The van der Waals surface area contributed by atoms with E-state index in [1.165, 1.54) is 0 Å². The quantitative estimate of drug-likeness (QED) is 0.436. The highest BCUT2D eigenvalue weighted by Crippen LogP contribution is 2.30. The van der Waals surface area contributed by atoms with Crippen LogP contribution in [0.2, 0.25) is 10.0 Å². The van der Waals surface area contributed by atoms with Crippen molar-refractivity contribution in [3.05, 3.63) is 70.1 Å². The van der Waals surface area contributed by atoms with Crippen LogP contribution >= 0.6 is 23.2 Å². The molecule has 152 valence electrons. The average Bonchev–Trinajstić information content (AvgIpc) is 3.17. The van der Waals surface area contributed by atoms with Gasteiger partial charge in [0.25, 0.3) is 5.91 Å². The Morgan fingerprint density at radius 3 is 2.72 bits per heavy atom. The Labute approximate surface area is 179 Å². The second-order valence-electron chi connectivity index (χ2n) is 6.91. The number of halogens is 2. The predicted molar refractivity (Wildman–Crippen MR) is 117 cm³/mol. The van der Waals surface area contributed by atoms with Crippen molar-refractivity contribution in [3.63, 3.8) is 0 Å². The Morgan fingerprint density at radius 1 is 1.24 bits per heavy atom. The number of carbonyl (C=O) groups excluding carboxylic acids is 1. The van der Waals surface area contributed by atoms with E-state index in [1.54, 1.807) is 42.7 Å². The number of benzene rings is 1. The highest BCUT2D eigenvalue weighted by atomic mass is 35.5. The Balaban J connectivity index is 1.79. The minimum atomic E-state index is -0.570. The van der Waals surface area contributed by atoms with Crippen molar-refractivity contribution in [1.82, 2.24) is 15.3 Å². The smallest absolute Gasteiger partial charge is 0.268 e. The van der Waals surface area contributed by atoms with Crippen molar-refractivity contribution >= 4 is 34.9 Å². The van der Waals surface area contributed by atoms with E-state index in [-0.39, 0.29) is 18.6 Å². The maximum Gasteiger partial charge on any atom is 0.268 e. The monoisotopic (exact) mass is 432 g/mol. The number of aromatic amines is 1. The predicted octanol–water partition coefficient (Wildman–Crippen LogP) is 4.67. The number of hydrogen-bond donors (Lipinski definition) is 4. The molecule has 1 aromatic carbocycles. The molecule has 29 heavy (non-hydrogen) atoms. The molecule has 4 N–H and O–H groups in total. The largest absolute Gasteiger partial charge is 0.394 e. The first-order valence-electron chi connectivity index (χ1n) is 9.15. The first kappa shape index (κ1) is 21.2. The second-order valence-corrected chi connectivity index (χ2v) is 7.76. The van der Waals surface area contributed by atoms with E-state index in [2.05, 4.69) is 20.6 Å². The standard InChI is InChI=1S/C21H22Cl2N4O2/c1-12(2)26-20-8-16(17(23)10-25-20)14-7-18(24-9-14)21(29)27-19(11-28)13-4-3-5-15(22)6-13/h3-10,12,19,24,28H,11H2,1-2H3,(H,25,26)(H,27,29). The Bertz CT molecular complexity index is 1000. The summed E-state index contributed by atoms with van der Waals surface area (Å²) in [5, 5.41) is 16.7. The van der Waals surface area contributed by atoms with E-state index in [4.69, 9.17) is 23.2 Å². The van der Waals surface area contributed by atoms with Crippen LogP contribution in [-0.2, 0) is 0 Å². The molecule has 0 aliphatic carbocycles. The van der Waals surface area contributed by atoms with E-state index in [9.17, 15) is 9.90 Å². The van der Waals surface area contributed by atoms with Gasteiger partial charge in [0.15, 0.2) is 0 Å². The van der Waals surface area contributed by atoms with Gasteiger partial charge in [-0.1, -0.05) is 35.3 Å². The third-order valence-corrected chi connectivity index (χ3v) is 4.81. The summed E-state index contributed by atoms with van der Waals surface area (Å²) in [6.07, 6.45) is 3.29. The number of rotatable bonds is 7. The fraction of sp³-hybridized carbons (Fsp3) is 0.238. The van der Waals surface area contributed by atoms with Crippen molar-refractivity contribution in [2.45, 2.75) is 25.9 Å². The molecule has 0 bridgehead atoms. The molecule has 0 spiro atoms. The number of carbonyl (C=O) groups is 1. The van der Waals surface area contributed by atoms with Crippen LogP contribution in [-0.4, -0.2) is 33.6 Å². The minimum absolute atomic E-state index is 0.228. The molecular weight excluding hydrogens is 411 g/mol. The fourth-order valence-corrected chi connectivity index (χ4v) is 3.32. The summed E-state index contributed by atoms with van der Waals surface area (Å²) >= 11 is 12.3. The van der Waals surface area contributed by atoms with Crippen LogP contribution in [0.3, 0.4) is 0 Å². The molecule has 2 heterocycles. The van der Waals surface area contributed by atoms with Crippen LogP contribution in [0.25, 0.3) is 11.1 Å². The number of anilines is 1. The molecule has 0 radical (unpaired) electrons. The molecular formula is C21H22Cl2N4O2. The fourth-order valence-electron chi connectivity index (χ4n) is 2.91. The van der Waals surface area contributed by atoms with Gasteiger partial charge in [0.1, 0.15) is 11.5 Å². The van der Waals surface area contributed by atoms with Gasteiger partial charge in [-0.3, -0.25) is 4.79 Å². The molecule has 1 unspecified atom stereocenters. The molecule has 6 nitrogen and oxygen atoms in total. The lowest BCUT2D eigenvalue weighted by Crippen LogP contribution is -2.31. The van der Waals surface area contributed by atoms with Crippen molar-refractivity contribution < 1.29 is 9.90 Å². The number of aliphatic hydroxyl groups is 1. The molecule has 0 aliphatic heterocycles. The molecule has 0 aliphatic rings. The summed E-state index contributed by atoms with van der Waals surface area (Å²) < 4.78 is 0. The minimum Gasteiger partial charge on any atom is -0.394 e. The van der Waals surface area contributed by atoms with Crippen molar-refractivity contribution in [3.8, 4) is 11.1 Å². The van der Waals surface area contributed by atoms with Crippen LogP contribution in [0.5, 0.6) is 0 Å². The molecule has 2 aromatic heterocycles. The number of H-pyrrole nitrogens is 1. The van der Waals surface area contributed by atoms with Crippen LogP contribution in [0, 0.1) is 0 Å². The van der Waals surface area contributed by atoms with E-state index < -0.39 is 6.04 Å². The summed E-state index contributed by atoms with van der Waals surface area (Å²) in [5.74, 6) is 0.355. The third-order valence-electron chi connectivity index (χ3n) is 4.27. The van der Waals surface area contributed by atoms with Gasteiger partial charge in [-0.25, -0.2) is 4.98 Å². The normalized spacial score (nSPS) is 12.1. The summed E-state index contributed by atoms with van der Waals surface area (Å²) in [7, 11) is 0. The highest BCUT2D eigenvalue weighted by molar-refractivity contribution is 6.33. The van der Waals surface area contributed by atoms with Crippen molar-refractivity contribution in [2.24, 2.45) is 0 Å². The first-order chi connectivity index (χ1) is 13.9. The number of aliphatic hydroxyl groups excluding tert-OH is 1. The second kappa shape index (κ2) is 9.31. The van der Waals surface area contributed by atoms with Gasteiger partial charge in [0.2, 0.25) is 0 Å². The van der Waals surface area contributed by atoms with Crippen LogP contribution < -0.4 is 10.6 Å². The number of hydrogen-bond acceptors (Lipinski definition) is 4. The average molecular weight is 433 g/mol. The number of nitrogens with one attached hydrogen (secondary N) is 3. The van der Waals surface area contributed by atoms with Crippen LogP contribution in [0.1, 0.15) is 35.9 Å². The summed E-state index contributed by atoms with van der Waals surface area (Å²) in [4.78, 5) is 19.9. The van der Waals surface area contributed by atoms with Gasteiger partial charge < -0.3 is 20.7 Å². The van der Waals surface area contributed by atoms with E-state index in [1.807, 2.05) is 19.9 Å². The number of amides is 1. The maximum atomic E-state index is 12.7. The van der Waals surface area contributed by atoms with Crippen LogP contribution in [0.15, 0.2) is 48.8 Å². The Morgan fingerprint density at radius 2 is 2.03 bits per heavy atom. The van der Waals surface area contributed by atoms with Gasteiger partial charge in [0, 0.05) is 34.6 Å². The third kappa shape index (κ3) is 5.29. The van der Waals surface area contributed by atoms with Crippen molar-refractivity contribution in [2.75, 3.05) is 11.9 Å². The Kier molecular flexibility index (Phi) is 6.79. The van der Waals surface area contributed by atoms with Crippen molar-refractivity contribution in [1.29, 1.82) is 0 Å². The number of pyridine rings is 1. The molecule has 1 atom stereocenters. The maximum absolute atomic E-state index is 12.7. The SMILES string of the molecule is CC(C)Nc1cc(-c2c[nH]c(C(=O)NC(CO)c3cccc(Cl)c3)c2)c(Cl)cn1. The lowest BCUT2D eigenvalue weighted by molar-refractivity contribution is 0.0912. The lowest BCUT2D eigenvalue weighted by atomic mass is 10.1. The molecule has 0 saturated heterocycles. The lowest BCUT2D eigenvalue weighted by Gasteiger charge is -2.16. The highest BCUT2D eigenvalue weighted by Gasteiger charge is 2.18. The zero-order chi connectivity index (χ0) is 21.0. The molecule has 3 rings (SSSR count). The summed E-state index contributed by atoms with van der Waals surface area (Å²) in [5.41, 5.74) is 2.60. The van der Waals surface area contributed by atoms with Gasteiger partial charge in [-0.05, 0) is 43.7 Å². The van der Waals surface area contributed by atoms with Gasteiger partial charge in [0.05, 0.1) is 17.7 Å². The zero-order valence-electron chi connectivity index (χ0n) is 16.0. The summed E-state index contributed by atoms with van der Waals surface area (Å²) in [6.45, 7) is 3.79. The number of aromatic nitrogens is 2. The Hall–Kier alpha value is -2.54. The topological polar surface area (TPSA) is 90.0 Å². The van der Waals surface area contributed by atoms with Gasteiger partial charge >= 0.3 is 0 Å². The molecule has 0 saturated carbocycles. The number of nitrogens with zero attached hydrogens (tertiary/aromatic N) is 1.